The van der Waals surface area contributed by atoms with Crippen molar-refractivity contribution in [1.29, 1.82) is 0 Å². The number of aromatic nitrogens is 1. The normalized spacial score (nSPS) is 23.8. The first-order valence-corrected chi connectivity index (χ1v) is 12.1. The van der Waals surface area contributed by atoms with E-state index in [0.29, 0.717) is 25.4 Å². The summed E-state index contributed by atoms with van der Waals surface area (Å²) >= 11 is 0. The lowest BCUT2D eigenvalue weighted by atomic mass is 9.85. The Morgan fingerprint density at radius 1 is 1.21 bits per heavy atom. The van der Waals surface area contributed by atoms with Crippen molar-refractivity contribution in [2.75, 3.05) is 30.8 Å². The van der Waals surface area contributed by atoms with Gasteiger partial charge in [0.1, 0.15) is 17.1 Å². The second kappa shape index (κ2) is 9.41. The number of nitrogens with one attached hydrogen (secondary N) is 2. The van der Waals surface area contributed by atoms with Gasteiger partial charge < -0.3 is 20.3 Å². The maximum Gasteiger partial charge on any atom is 0.222 e. The highest BCUT2D eigenvalue weighted by molar-refractivity contribution is 6.09. The lowest BCUT2D eigenvalue weighted by molar-refractivity contribution is -0.132. The van der Waals surface area contributed by atoms with Gasteiger partial charge in [0, 0.05) is 19.2 Å². The highest BCUT2D eigenvalue weighted by atomic mass is 16.5. The number of hydrogen-bond acceptors (Lipinski definition) is 5. The maximum atomic E-state index is 13.3. The van der Waals surface area contributed by atoms with Gasteiger partial charge in [0.05, 0.1) is 25.4 Å². The number of likely N-dealkylation sites (tertiary alicyclic amines) is 1. The Hall–Kier alpha value is -3.09. The number of piperidine rings is 1. The number of hydrogen-bond donors (Lipinski definition) is 2. The van der Waals surface area contributed by atoms with E-state index in [9.17, 15) is 4.79 Å². The van der Waals surface area contributed by atoms with E-state index in [1.807, 2.05) is 41.3 Å². The Kier molecular flexibility index (Phi) is 6.20. The molecule has 1 saturated heterocycles. The summed E-state index contributed by atoms with van der Waals surface area (Å²) in [5.41, 5.74) is 1.66. The molecule has 1 atom stereocenters. The van der Waals surface area contributed by atoms with Crippen molar-refractivity contribution in [3.63, 3.8) is 0 Å². The van der Waals surface area contributed by atoms with Gasteiger partial charge in [0.15, 0.2) is 5.82 Å². The fraction of sp³-hybridized carbons (Fsp3) is 0.500. The zero-order valence-electron chi connectivity index (χ0n) is 19.3. The second-order valence-electron chi connectivity index (χ2n) is 9.38. The van der Waals surface area contributed by atoms with Gasteiger partial charge in [-0.3, -0.25) is 9.79 Å². The van der Waals surface area contributed by atoms with E-state index < -0.39 is 5.54 Å². The number of amidine groups is 1. The van der Waals surface area contributed by atoms with E-state index in [-0.39, 0.29) is 5.91 Å². The summed E-state index contributed by atoms with van der Waals surface area (Å²) in [6.07, 6.45) is 9.58. The number of pyridine rings is 1. The molecule has 1 aliphatic carbocycles. The number of rotatable bonds is 5. The van der Waals surface area contributed by atoms with Crippen LogP contribution in [0.1, 0.15) is 50.5 Å². The van der Waals surface area contributed by atoms with Crippen molar-refractivity contribution >= 4 is 23.2 Å². The quantitative estimate of drug-likeness (QED) is 0.716. The highest BCUT2D eigenvalue weighted by Gasteiger charge is 2.45. The third kappa shape index (κ3) is 4.54. The summed E-state index contributed by atoms with van der Waals surface area (Å²) in [7, 11) is 1.68. The Morgan fingerprint density at radius 2 is 2.06 bits per heavy atom. The third-order valence-corrected chi connectivity index (χ3v) is 7.15. The summed E-state index contributed by atoms with van der Waals surface area (Å²) in [6.45, 7) is 1.40. The van der Waals surface area contributed by atoms with Crippen LogP contribution in [0, 0.1) is 0 Å². The predicted octanol–water partition coefficient (Wildman–Crippen LogP) is 4.26. The Bertz CT molecular complexity index is 1030. The summed E-state index contributed by atoms with van der Waals surface area (Å²) < 4.78 is 5.46. The number of anilines is 2. The molecule has 1 aromatic heterocycles. The molecule has 2 aromatic rings. The van der Waals surface area contributed by atoms with Crippen molar-refractivity contribution in [1.82, 2.24) is 9.88 Å². The van der Waals surface area contributed by atoms with Crippen LogP contribution in [0.5, 0.6) is 5.75 Å². The minimum atomic E-state index is -0.392. The molecule has 0 radical (unpaired) electrons. The first kappa shape index (κ1) is 21.7. The molecule has 1 aromatic carbocycles. The van der Waals surface area contributed by atoms with Crippen LogP contribution in [0.2, 0.25) is 0 Å². The number of carbonyl (C=O) groups is 1. The molecule has 1 saturated carbocycles. The minimum Gasteiger partial charge on any atom is -0.496 e. The molecule has 0 bridgehead atoms. The van der Waals surface area contributed by atoms with Gasteiger partial charge in [-0.15, -0.1) is 0 Å². The largest absolute Gasteiger partial charge is 0.496 e. The molecule has 33 heavy (non-hydrogen) atoms. The molecule has 3 heterocycles. The van der Waals surface area contributed by atoms with Crippen molar-refractivity contribution < 1.29 is 9.53 Å². The number of methoxy groups -OCH3 is 1. The summed E-state index contributed by atoms with van der Waals surface area (Å²) in [6, 6.07) is 12.3. The summed E-state index contributed by atoms with van der Waals surface area (Å²) in [4.78, 5) is 25.0. The number of nitrogens with zero attached hydrogens (tertiary/aromatic N) is 3. The van der Waals surface area contributed by atoms with Crippen molar-refractivity contribution in [2.24, 2.45) is 4.99 Å². The average Bonchev–Trinajstić information content (AvgIpc) is 3.36. The van der Waals surface area contributed by atoms with Crippen molar-refractivity contribution in [3.8, 4) is 5.75 Å². The van der Waals surface area contributed by atoms with E-state index >= 15 is 0 Å². The average molecular weight is 448 g/mol. The first-order chi connectivity index (χ1) is 16.2. The molecule has 2 N–H and O–H groups in total. The Balaban J connectivity index is 1.35. The number of fused-ring (bicyclic) bond motifs is 1. The number of para-hydroxylation sites is 1. The van der Waals surface area contributed by atoms with Crippen LogP contribution < -0.4 is 15.4 Å². The van der Waals surface area contributed by atoms with Gasteiger partial charge in [-0.25, -0.2) is 4.98 Å². The number of aryl methyl sites for hydroxylation is 1. The van der Waals surface area contributed by atoms with E-state index in [2.05, 4.69) is 15.6 Å². The van der Waals surface area contributed by atoms with Gasteiger partial charge >= 0.3 is 0 Å². The maximum absolute atomic E-state index is 13.3. The SMILES string of the molecule is COc1ccccc1CCC(=O)N1CCCC2(C1)Nc1cccnc1NC2=NC1CCCC1. The summed E-state index contributed by atoms with van der Waals surface area (Å²) in [5, 5.41) is 7.28. The molecule has 2 aliphatic heterocycles. The van der Waals surface area contributed by atoms with Gasteiger partial charge in [-0.2, -0.15) is 0 Å². The van der Waals surface area contributed by atoms with Crippen molar-refractivity contribution in [3.05, 3.63) is 48.2 Å². The van der Waals surface area contributed by atoms with Crippen LogP contribution in [0.3, 0.4) is 0 Å². The number of benzene rings is 1. The van der Waals surface area contributed by atoms with Crippen LogP contribution in [-0.2, 0) is 11.2 Å². The van der Waals surface area contributed by atoms with Crippen molar-refractivity contribution in [2.45, 2.75) is 62.9 Å². The van der Waals surface area contributed by atoms with E-state index in [0.717, 1.165) is 60.9 Å². The molecule has 1 unspecified atom stereocenters. The fourth-order valence-electron chi connectivity index (χ4n) is 5.40. The molecule has 7 heteroatoms. The molecular weight excluding hydrogens is 414 g/mol. The van der Waals surface area contributed by atoms with Crippen LogP contribution in [0.25, 0.3) is 0 Å². The van der Waals surface area contributed by atoms with Crippen LogP contribution in [0.4, 0.5) is 11.5 Å². The molecule has 174 valence electrons. The standard InChI is InChI=1S/C26H33N5O2/c1-33-22-12-5-2-8-19(22)13-14-23(32)31-17-7-15-26(18-31)25(28-20-9-3-4-10-20)29-24-21(30-26)11-6-16-27-24/h2,5-6,8,11-12,16,20,30H,3-4,7,9-10,13-15,17-18H2,1H3,(H,27,28,29). The third-order valence-electron chi connectivity index (χ3n) is 7.15. The lowest BCUT2D eigenvalue weighted by Crippen LogP contribution is -2.62. The smallest absolute Gasteiger partial charge is 0.222 e. The number of aliphatic imine (C=N–C) groups is 1. The topological polar surface area (TPSA) is 78.8 Å². The molecule has 2 fully saturated rings. The first-order valence-electron chi connectivity index (χ1n) is 12.1. The minimum absolute atomic E-state index is 0.180. The lowest BCUT2D eigenvalue weighted by Gasteiger charge is -2.47. The molecule has 3 aliphatic rings. The molecule has 1 spiro atoms. The van der Waals surface area contributed by atoms with Crippen LogP contribution >= 0.6 is 0 Å². The molecule has 1 amide bonds. The van der Waals surface area contributed by atoms with Crippen LogP contribution in [-0.4, -0.2) is 53.4 Å². The highest BCUT2D eigenvalue weighted by Crippen LogP contribution is 2.36. The van der Waals surface area contributed by atoms with E-state index in [1.165, 1.54) is 12.8 Å². The number of ether oxygens (including phenoxy) is 1. The van der Waals surface area contributed by atoms with Gasteiger partial charge in [-0.05, 0) is 55.9 Å². The molecule has 7 nitrogen and oxygen atoms in total. The van der Waals surface area contributed by atoms with Gasteiger partial charge in [-0.1, -0.05) is 31.0 Å². The number of carbonyl (C=O) groups excluding carboxylic acids is 1. The van der Waals surface area contributed by atoms with Gasteiger partial charge in [0.2, 0.25) is 5.91 Å². The Morgan fingerprint density at radius 3 is 2.91 bits per heavy atom. The zero-order chi connectivity index (χ0) is 22.7. The van der Waals surface area contributed by atoms with Gasteiger partial charge in [0.25, 0.3) is 0 Å². The second-order valence-corrected chi connectivity index (χ2v) is 9.38. The Labute approximate surface area is 195 Å². The summed E-state index contributed by atoms with van der Waals surface area (Å²) in [5.74, 6) is 2.79. The van der Waals surface area contributed by atoms with E-state index in [1.54, 1.807) is 13.3 Å². The fourth-order valence-corrected chi connectivity index (χ4v) is 5.40. The molecular formula is C26H33N5O2. The predicted molar refractivity (Wildman–Crippen MR) is 131 cm³/mol. The zero-order valence-corrected chi connectivity index (χ0v) is 19.3. The van der Waals surface area contributed by atoms with Crippen LogP contribution in [0.15, 0.2) is 47.6 Å². The molecule has 5 rings (SSSR count). The van der Waals surface area contributed by atoms with E-state index in [4.69, 9.17) is 9.73 Å². The number of amides is 1. The monoisotopic (exact) mass is 447 g/mol.